The van der Waals surface area contributed by atoms with Crippen LogP contribution in [0.1, 0.15) is 76.2 Å². The Morgan fingerprint density at radius 2 is 1.83 bits per heavy atom. The van der Waals surface area contributed by atoms with Crippen LogP contribution in [0.15, 0.2) is 24.3 Å². The maximum Gasteiger partial charge on any atom is 0.307 e. The number of phenols is 1. The average Bonchev–Trinajstić information content (AvgIpc) is 3.34. The molecular weight excluding hydrogens is 380 g/mol. The van der Waals surface area contributed by atoms with Gasteiger partial charge in [0.25, 0.3) is 0 Å². The van der Waals surface area contributed by atoms with Crippen LogP contribution in [0, 0.1) is 17.3 Å². The third kappa shape index (κ3) is 4.76. The van der Waals surface area contributed by atoms with E-state index in [-0.39, 0.29) is 11.7 Å². The first-order valence-electron chi connectivity index (χ1n) is 11.3. The highest BCUT2D eigenvalue weighted by Crippen LogP contribution is 2.56. The summed E-state index contributed by atoms with van der Waals surface area (Å²) in [5.41, 5.74) is 1.32. The van der Waals surface area contributed by atoms with Crippen LogP contribution in [-0.4, -0.2) is 30.4 Å². The van der Waals surface area contributed by atoms with Crippen molar-refractivity contribution in [1.82, 2.24) is 0 Å². The van der Waals surface area contributed by atoms with E-state index in [9.17, 15) is 15.0 Å². The molecule has 0 saturated heterocycles. The summed E-state index contributed by atoms with van der Waals surface area (Å²) in [5.74, 6) is -0.00457. The predicted molar refractivity (Wildman–Crippen MR) is 117 cm³/mol. The number of hydrogen-bond donors (Lipinski definition) is 2. The van der Waals surface area contributed by atoms with Gasteiger partial charge in [0.1, 0.15) is 0 Å². The van der Waals surface area contributed by atoms with Gasteiger partial charge in [0.2, 0.25) is 5.75 Å². The molecule has 30 heavy (non-hydrogen) atoms. The third-order valence-corrected chi connectivity index (χ3v) is 7.33. The van der Waals surface area contributed by atoms with Crippen LogP contribution in [0.2, 0.25) is 0 Å². The number of allylic oxidation sites excluding steroid dienone is 2. The fourth-order valence-electron chi connectivity index (χ4n) is 5.64. The number of methoxy groups -OCH3 is 2. The first-order chi connectivity index (χ1) is 14.4. The number of fused-ring (bicyclic) bond motifs is 2. The minimum atomic E-state index is -0.783. The Hall–Kier alpha value is -2.17. The van der Waals surface area contributed by atoms with Gasteiger partial charge in [-0.2, -0.15) is 0 Å². The van der Waals surface area contributed by atoms with E-state index < -0.39 is 11.9 Å². The van der Waals surface area contributed by atoms with Crippen molar-refractivity contribution in [2.24, 2.45) is 17.3 Å². The van der Waals surface area contributed by atoms with Gasteiger partial charge in [0.05, 0.1) is 20.1 Å². The van der Waals surface area contributed by atoms with Crippen molar-refractivity contribution in [3.05, 3.63) is 29.8 Å². The van der Waals surface area contributed by atoms with Crippen LogP contribution in [0.5, 0.6) is 17.2 Å². The standard InChI is InChI=1S/C25H36O5/c1-4-7-20(24(27)28)19(18-14-21(29-2)23(26)22(15-18)30-3)8-5-6-11-25-12-9-17(16-25)10-13-25/h5-6,14-15,17,19-20,26H,4,7-13,16H2,1-3H3,(H,27,28). The topological polar surface area (TPSA) is 76.0 Å². The summed E-state index contributed by atoms with van der Waals surface area (Å²) in [5, 5.41) is 20.2. The summed E-state index contributed by atoms with van der Waals surface area (Å²) in [6, 6.07) is 3.50. The number of hydrogen-bond acceptors (Lipinski definition) is 4. The minimum absolute atomic E-state index is 0.0588. The van der Waals surface area contributed by atoms with Crippen LogP contribution in [0.4, 0.5) is 0 Å². The van der Waals surface area contributed by atoms with Crippen LogP contribution >= 0.6 is 0 Å². The molecule has 1 aromatic rings. The molecule has 2 aliphatic rings. The number of ether oxygens (including phenoxy) is 2. The van der Waals surface area contributed by atoms with Gasteiger partial charge < -0.3 is 19.7 Å². The number of carboxylic acid groups (broad SMARTS) is 1. The molecule has 2 N–H and O–H groups in total. The molecule has 5 heteroatoms. The molecule has 166 valence electrons. The number of aromatic hydroxyl groups is 1. The Morgan fingerprint density at radius 3 is 2.30 bits per heavy atom. The average molecular weight is 417 g/mol. The van der Waals surface area contributed by atoms with Gasteiger partial charge in [-0.05, 0) is 80.4 Å². The van der Waals surface area contributed by atoms with Gasteiger partial charge in [-0.1, -0.05) is 25.5 Å². The number of benzene rings is 1. The van der Waals surface area contributed by atoms with Crippen molar-refractivity contribution in [3.8, 4) is 17.2 Å². The van der Waals surface area contributed by atoms with Crippen LogP contribution in [0.3, 0.4) is 0 Å². The molecule has 0 aromatic heterocycles. The van der Waals surface area contributed by atoms with E-state index in [1.54, 1.807) is 12.1 Å². The highest BCUT2D eigenvalue weighted by Gasteiger charge is 2.43. The first-order valence-corrected chi connectivity index (χ1v) is 11.3. The summed E-state index contributed by atoms with van der Waals surface area (Å²) in [4.78, 5) is 12.1. The highest BCUT2D eigenvalue weighted by molar-refractivity contribution is 5.71. The number of aliphatic carboxylic acids is 1. The molecule has 2 aliphatic carbocycles. The molecule has 2 atom stereocenters. The largest absolute Gasteiger partial charge is 0.502 e. The Balaban J connectivity index is 1.83. The minimum Gasteiger partial charge on any atom is -0.502 e. The van der Waals surface area contributed by atoms with Gasteiger partial charge >= 0.3 is 5.97 Å². The van der Waals surface area contributed by atoms with Crippen molar-refractivity contribution in [2.75, 3.05) is 14.2 Å². The van der Waals surface area contributed by atoms with Gasteiger partial charge in [0.15, 0.2) is 11.5 Å². The molecule has 2 unspecified atom stereocenters. The molecule has 2 fully saturated rings. The van der Waals surface area contributed by atoms with Crippen LogP contribution < -0.4 is 9.47 Å². The van der Waals surface area contributed by atoms with Crippen molar-refractivity contribution in [1.29, 1.82) is 0 Å². The van der Waals surface area contributed by atoms with E-state index in [0.717, 1.165) is 24.3 Å². The highest BCUT2D eigenvalue weighted by atomic mass is 16.5. The van der Waals surface area contributed by atoms with E-state index in [0.29, 0.717) is 29.8 Å². The Kier molecular flexibility index (Phi) is 7.32. The zero-order valence-corrected chi connectivity index (χ0v) is 18.5. The molecule has 5 nitrogen and oxygen atoms in total. The zero-order chi connectivity index (χ0) is 21.7. The quantitative estimate of drug-likeness (QED) is 0.439. The molecule has 0 radical (unpaired) electrons. The second kappa shape index (κ2) is 9.76. The lowest BCUT2D eigenvalue weighted by Gasteiger charge is -2.26. The second-order valence-corrected chi connectivity index (χ2v) is 9.17. The van der Waals surface area contributed by atoms with E-state index in [1.165, 1.54) is 46.3 Å². The molecule has 2 bridgehead atoms. The molecule has 3 rings (SSSR count). The molecule has 0 aliphatic heterocycles. The maximum absolute atomic E-state index is 12.1. The van der Waals surface area contributed by atoms with Crippen molar-refractivity contribution in [3.63, 3.8) is 0 Å². The Bertz CT molecular complexity index is 736. The normalized spacial score (nSPS) is 24.8. The van der Waals surface area contributed by atoms with E-state index >= 15 is 0 Å². The number of carboxylic acids is 1. The molecule has 0 heterocycles. The number of rotatable bonds is 11. The van der Waals surface area contributed by atoms with E-state index in [2.05, 4.69) is 12.2 Å². The molecule has 1 aromatic carbocycles. The fraction of sp³-hybridized carbons (Fsp3) is 0.640. The lowest BCUT2D eigenvalue weighted by Crippen LogP contribution is -2.22. The van der Waals surface area contributed by atoms with Crippen LogP contribution in [-0.2, 0) is 4.79 Å². The Labute approximate surface area is 180 Å². The predicted octanol–water partition coefficient (Wildman–Crippen LogP) is 5.91. The lowest BCUT2D eigenvalue weighted by molar-refractivity contribution is -0.142. The second-order valence-electron chi connectivity index (χ2n) is 9.17. The number of carbonyl (C=O) groups is 1. The molecule has 2 saturated carbocycles. The van der Waals surface area contributed by atoms with Gasteiger partial charge in [-0.25, -0.2) is 0 Å². The summed E-state index contributed by atoms with van der Waals surface area (Å²) in [6.07, 6.45) is 14.4. The van der Waals surface area contributed by atoms with E-state index in [1.807, 2.05) is 6.92 Å². The summed E-state index contributed by atoms with van der Waals surface area (Å²) >= 11 is 0. The van der Waals surface area contributed by atoms with Gasteiger partial charge in [0, 0.05) is 5.92 Å². The summed E-state index contributed by atoms with van der Waals surface area (Å²) < 4.78 is 10.6. The van der Waals surface area contributed by atoms with Crippen LogP contribution in [0.25, 0.3) is 0 Å². The lowest BCUT2D eigenvalue weighted by atomic mass is 9.79. The van der Waals surface area contributed by atoms with Gasteiger partial charge in [-0.15, -0.1) is 0 Å². The van der Waals surface area contributed by atoms with Crippen molar-refractivity contribution >= 4 is 5.97 Å². The number of phenolic OH excluding ortho intramolecular Hbond substituents is 1. The fourth-order valence-corrected chi connectivity index (χ4v) is 5.64. The molecule has 0 spiro atoms. The monoisotopic (exact) mass is 416 g/mol. The SMILES string of the molecule is CCCC(C(=O)O)C(CC=CCC12CCC(CC1)C2)c1cc(OC)c(O)c(OC)c1. The Morgan fingerprint density at radius 1 is 1.20 bits per heavy atom. The molecule has 0 amide bonds. The zero-order valence-electron chi connectivity index (χ0n) is 18.5. The van der Waals surface area contributed by atoms with Gasteiger partial charge in [-0.3, -0.25) is 4.79 Å². The summed E-state index contributed by atoms with van der Waals surface area (Å²) in [6.45, 7) is 2.01. The van der Waals surface area contributed by atoms with Crippen molar-refractivity contribution < 1.29 is 24.5 Å². The maximum atomic E-state index is 12.1. The first kappa shape index (κ1) is 22.5. The summed E-state index contributed by atoms with van der Waals surface area (Å²) in [7, 11) is 2.98. The van der Waals surface area contributed by atoms with E-state index in [4.69, 9.17) is 9.47 Å². The van der Waals surface area contributed by atoms with Crippen molar-refractivity contribution in [2.45, 2.75) is 70.6 Å². The molecular formula is C25H36O5. The third-order valence-electron chi connectivity index (χ3n) is 7.33. The smallest absolute Gasteiger partial charge is 0.307 e.